The smallest absolute Gasteiger partial charge is 0.130 e. The molecule has 13 heavy (non-hydrogen) atoms. The van der Waals surface area contributed by atoms with Crippen LogP contribution in [-0.2, 0) is 0 Å². The van der Waals surface area contributed by atoms with Crippen LogP contribution in [0.4, 0.5) is 0 Å². The summed E-state index contributed by atoms with van der Waals surface area (Å²) in [5, 5.41) is 18.6. The van der Waals surface area contributed by atoms with Crippen LogP contribution in [0, 0.1) is 0 Å². The topological polar surface area (TPSA) is 66.5 Å². The van der Waals surface area contributed by atoms with Gasteiger partial charge in [-0.05, 0) is 40.5 Å². The number of aliphatic hydroxyl groups excluding tert-OH is 1. The molecular weight excluding hydrogens is 234 g/mol. The van der Waals surface area contributed by atoms with Crippen molar-refractivity contribution >= 4 is 15.9 Å². The van der Waals surface area contributed by atoms with Gasteiger partial charge in [0.1, 0.15) is 5.75 Å². The lowest BCUT2D eigenvalue weighted by molar-refractivity contribution is 0.164. The summed E-state index contributed by atoms with van der Waals surface area (Å²) in [4.78, 5) is 0. The molecule has 1 aromatic carbocycles. The third-order valence-corrected chi connectivity index (χ3v) is 2.55. The molecule has 0 fully saturated rings. The van der Waals surface area contributed by atoms with E-state index in [-0.39, 0.29) is 5.75 Å². The lowest BCUT2D eigenvalue weighted by Crippen LogP contribution is -2.22. The van der Waals surface area contributed by atoms with Crippen LogP contribution in [0.1, 0.15) is 18.5 Å². The Morgan fingerprint density at radius 1 is 1.46 bits per heavy atom. The Hall–Kier alpha value is -0.580. The molecule has 1 unspecified atom stereocenters. The highest BCUT2D eigenvalue weighted by Crippen LogP contribution is 2.27. The second kappa shape index (κ2) is 4.09. The van der Waals surface area contributed by atoms with Crippen LogP contribution in [0.2, 0.25) is 0 Å². The van der Waals surface area contributed by atoms with Crippen LogP contribution < -0.4 is 5.73 Å². The van der Waals surface area contributed by atoms with E-state index in [0.717, 1.165) is 5.56 Å². The highest BCUT2D eigenvalue weighted by molar-refractivity contribution is 9.10. The van der Waals surface area contributed by atoms with Gasteiger partial charge in [-0.1, -0.05) is 6.07 Å². The number of nitrogens with two attached hydrogens (primary N) is 1. The van der Waals surface area contributed by atoms with Crippen molar-refractivity contribution in [2.45, 2.75) is 19.1 Å². The number of phenolic OH excluding ortho intramolecular Hbond substituents is 1. The van der Waals surface area contributed by atoms with Crippen molar-refractivity contribution in [3.8, 4) is 5.75 Å². The summed E-state index contributed by atoms with van der Waals surface area (Å²) in [5.74, 6) is 0.133. The van der Waals surface area contributed by atoms with Crippen molar-refractivity contribution in [1.29, 1.82) is 0 Å². The zero-order chi connectivity index (χ0) is 10.0. The standard InChI is InChI=1S/C9H12BrNO2/c1-5(12)9(11)6-2-3-7(10)8(13)4-6/h2-5,9,12-13H,11H2,1H3/t5?,9-/m0/s1. The molecule has 0 saturated carbocycles. The molecule has 0 spiro atoms. The minimum Gasteiger partial charge on any atom is -0.507 e. The number of aromatic hydroxyl groups is 1. The molecule has 2 atom stereocenters. The van der Waals surface area contributed by atoms with Gasteiger partial charge in [-0.25, -0.2) is 0 Å². The first-order valence-electron chi connectivity index (χ1n) is 3.94. The predicted molar refractivity (Wildman–Crippen MR) is 54.4 cm³/mol. The molecule has 0 heterocycles. The van der Waals surface area contributed by atoms with Gasteiger partial charge in [0, 0.05) is 0 Å². The van der Waals surface area contributed by atoms with Crippen molar-refractivity contribution in [3.05, 3.63) is 28.2 Å². The largest absolute Gasteiger partial charge is 0.507 e. The van der Waals surface area contributed by atoms with Crippen molar-refractivity contribution in [2.24, 2.45) is 5.73 Å². The molecule has 3 nitrogen and oxygen atoms in total. The van der Waals surface area contributed by atoms with Crippen molar-refractivity contribution in [3.63, 3.8) is 0 Å². The number of hydrogen-bond acceptors (Lipinski definition) is 3. The molecule has 0 aromatic heterocycles. The Kier molecular flexibility index (Phi) is 3.30. The van der Waals surface area contributed by atoms with Crippen molar-refractivity contribution in [1.82, 2.24) is 0 Å². The molecule has 1 rings (SSSR count). The fourth-order valence-electron chi connectivity index (χ4n) is 1.02. The normalized spacial score (nSPS) is 15.4. The minimum atomic E-state index is -0.624. The molecule has 0 aliphatic heterocycles. The van der Waals surface area contributed by atoms with E-state index in [1.54, 1.807) is 25.1 Å². The van der Waals surface area contributed by atoms with Gasteiger partial charge in [0.15, 0.2) is 0 Å². The maximum Gasteiger partial charge on any atom is 0.130 e. The second-order valence-electron chi connectivity index (χ2n) is 2.98. The van der Waals surface area contributed by atoms with E-state index in [9.17, 15) is 10.2 Å². The zero-order valence-electron chi connectivity index (χ0n) is 7.24. The molecule has 0 bridgehead atoms. The molecule has 1 aromatic rings. The van der Waals surface area contributed by atoms with E-state index in [2.05, 4.69) is 15.9 Å². The SMILES string of the molecule is CC(O)[C@H](N)c1ccc(Br)c(O)c1. The molecule has 0 amide bonds. The predicted octanol–water partition coefficient (Wildman–Crippen LogP) is 1.54. The average Bonchev–Trinajstić information content (AvgIpc) is 2.08. The Balaban J connectivity index is 2.97. The highest BCUT2D eigenvalue weighted by Gasteiger charge is 2.12. The first kappa shape index (κ1) is 10.5. The highest BCUT2D eigenvalue weighted by atomic mass is 79.9. The summed E-state index contributed by atoms with van der Waals surface area (Å²) in [6.07, 6.45) is -0.624. The van der Waals surface area contributed by atoms with Gasteiger partial charge in [0.25, 0.3) is 0 Å². The summed E-state index contributed by atoms with van der Waals surface area (Å²) in [6.45, 7) is 1.61. The van der Waals surface area contributed by atoms with Gasteiger partial charge >= 0.3 is 0 Å². The maximum atomic E-state index is 9.35. The van der Waals surface area contributed by atoms with E-state index >= 15 is 0 Å². The third kappa shape index (κ3) is 2.43. The molecule has 0 radical (unpaired) electrons. The fourth-order valence-corrected chi connectivity index (χ4v) is 1.26. The van der Waals surface area contributed by atoms with E-state index in [4.69, 9.17) is 5.73 Å². The fraction of sp³-hybridized carbons (Fsp3) is 0.333. The number of benzene rings is 1. The molecule has 0 aliphatic rings. The third-order valence-electron chi connectivity index (χ3n) is 1.87. The van der Waals surface area contributed by atoms with Crippen LogP contribution >= 0.6 is 15.9 Å². The number of aliphatic hydroxyl groups is 1. The monoisotopic (exact) mass is 245 g/mol. The Labute approximate surface area is 85.3 Å². The van der Waals surface area contributed by atoms with Crippen LogP contribution in [0.3, 0.4) is 0 Å². The Bertz CT molecular complexity index is 302. The Morgan fingerprint density at radius 2 is 2.08 bits per heavy atom. The number of halogens is 1. The molecule has 72 valence electrons. The van der Waals surface area contributed by atoms with Gasteiger partial charge in [0.2, 0.25) is 0 Å². The van der Waals surface area contributed by atoms with Crippen LogP contribution in [0.25, 0.3) is 0 Å². The van der Waals surface area contributed by atoms with Gasteiger partial charge in [0.05, 0.1) is 16.6 Å². The Morgan fingerprint density at radius 3 is 2.54 bits per heavy atom. The second-order valence-corrected chi connectivity index (χ2v) is 3.83. The molecular formula is C9H12BrNO2. The lowest BCUT2D eigenvalue weighted by atomic mass is 10.0. The van der Waals surface area contributed by atoms with Gasteiger partial charge in [-0.3, -0.25) is 0 Å². The van der Waals surface area contributed by atoms with E-state index < -0.39 is 12.1 Å². The van der Waals surface area contributed by atoms with E-state index in [1.807, 2.05) is 0 Å². The molecule has 0 aliphatic carbocycles. The van der Waals surface area contributed by atoms with E-state index in [0.29, 0.717) is 4.47 Å². The quantitative estimate of drug-likeness (QED) is 0.741. The summed E-state index contributed by atoms with van der Waals surface area (Å²) in [5.41, 5.74) is 6.40. The zero-order valence-corrected chi connectivity index (χ0v) is 8.82. The van der Waals surface area contributed by atoms with E-state index in [1.165, 1.54) is 0 Å². The molecule has 4 heteroatoms. The number of hydrogen-bond donors (Lipinski definition) is 3. The average molecular weight is 246 g/mol. The molecule has 0 saturated heterocycles. The van der Waals surface area contributed by atoms with Gasteiger partial charge in [-0.15, -0.1) is 0 Å². The number of phenols is 1. The molecule has 4 N–H and O–H groups in total. The summed E-state index contributed by atoms with van der Waals surface area (Å²) < 4.78 is 0.619. The van der Waals surface area contributed by atoms with Crippen LogP contribution in [0.5, 0.6) is 5.75 Å². The van der Waals surface area contributed by atoms with Crippen LogP contribution in [-0.4, -0.2) is 16.3 Å². The first-order valence-corrected chi connectivity index (χ1v) is 4.73. The summed E-state index contributed by atoms with van der Waals surface area (Å²) in [7, 11) is 0. The first-order chi connectivity index (χ1) is 6.02. The van der Waals surface area contributed by atoms with Crippen molar-refractivity contribution in [2.75, 3.05) is 0 Å². The summed E-state index contributed by atoms with van der Waals surface area (Å²) in [6, 6.07) is 4.55. The van der Waals surface area contributed by atoms with Crippen molar-refractivity contribution < 1.29 is 10.2 Å². The summed E-state index contributed by atoms with van der Waals surface area (Å²) >= 11 is 3.16. The van der Waals surface area contributed by atoms with Crippen LogP contribution in [0.15, 0.2) is 22.7 Å². The number of rotatable bonds is 2. The lowest BCUT2D eigenvalue weighted by Gasteiger charge is -2.15. The minimum absolute atomic E-state index is 0.133. The van der Waals surface area contributed by atoms with Gasteiger partial charge in [-0.2, -0.15) is 0 Å². The maximum absolute atomic E-state index is 9.35. The van der Waals surface area contributed by atoms with Gasteiger partial charge < -0.3 is 15.9 Å².